The van der Waals surface area contributed by atoms with Gasteiger partial charge in [0.2, 0.25) is 15.9 Å². The van der Waals surface area contributed by atoms with Crippen molar-refractivity contribution in [3.63, 3.8) is 0 Å². The van der Waals surface area contributed by atoms with Gasteiger partial charge in [-0.3, -0.25) is 4.79 Å². The van der Waals surface area contributed by atoms with E-state index >= 15 is 0 Å². The van der Waals surface area contributed by atoms with E-state index in [9.17, 15) is 13.2 Å². The van der Waals surface area contributed by atoms with E-state index in [4.69, 9.17) is 15.2 Å². The molecule has 2 heterocycles. The second kappa shape index (κ2) is 5.60. The van der Waals surface area contributed by atoms with Crippen LogP contribution in [0.1, 0.15) is 26.7 Å². The molecular weight excluding hydrogens is 356 g/mol. The number of primary amides is 1. The molecule has 0 radical (unpaired) electrons. The summed E-state index contributed by atoms with van der Waals surface area (Å²) < 4.78 is 38.9. The van der Waals surface area contributed by atoms with Crippen LogP contribution in [0.3, 0.4) is 0 Å². The summed E-state index contributed by atoms with van der Waals surface area (Å²) in [5.74, 6) is 0.536. The number of carbonyl (C=O) groups is 1. The average molecular weight is 380 g/mol. The Morgan fingerprint density at radius 1 is 1.23 bits per heavy atom. The molecule has 0 bridgehead atoms. The summed E-state index contributed by atoms with van der Waals surface area (Å²) in [4.78, 5) is 12.2. The molecule has 1 aliphatic carbocycles. The Labute approximate surface area is 153 Å². The van der Waals surface area contributed by atoms with E-state index in [0.29, 0.717) is 37.7 Å². The summed E-state index contributed by atoms with van der Waals surface area (Å²) in [5, 5.41) is 0. The van der Waals surface area contributed by atoms with Gasteiger partial charge in [0, 0.05) is 25.6 Å². The van der Waals surface area contributed by atoms with Gasteiger partial charge in [-0.15, -0.1) is 0 Å². The van der Waals surface area contributed by atoms with Crippen LogP contribution in [-0.2, 0) is 14.8 Å². The van der Waals surface area contributed by atoms with E-state index in [1.807, 2.05) is 0 Å². The van der Waals surface area contributed by atoms with Crippen molar-refractivity contribution < 1.29 is 22.7 Å². The lowest BCUT2D eigenvalue weighted by atomic mass is 9.48. The fraction of sp³-hybridized carbons (Fsp3) is 0.611. The molecule has 26 heavy (non-hydrogen) atoms. The number of sulfonamides is 1. The first-order chi connectivity index (χ1) is 12.2. The molecule has 8 heteroatoms. The fourth-order valence-corrected chi connectivity index (χ4v) is 6.36. The van der Waals surface area contributed by atoms with Gasteiger partial charge in [0.1, 0.15) is 0 Å². The van der Waals surface area contributed by atoms with Crippen molar-refractivity contribution in [1.82, 2.24) is 4.31 Å². The zero-order chi connectivity index (χ0) is 18.7. The maximum Gasteiger partial charge on any atom is 0.243 e. The zero-order valence-corrected chi connectivity index (χ0v) is 15.8. The lowest BCUT2D eigenvalue weighted by molar-refractivity contribution is -0.148. The molecule has 7 nitrogen and oxygen atoms in total. The Morgan fingerprint density at radius 2 is 1.92 bits per heavy atom. The van der Waals surface area contributed by atoms with Gasteiger partial charge in [-0.05, 0) is 29.9 Å². The van der Waals surface area contributed by atoms with Crippen molar-refractivity contribution >= 4 is 15.9 Å². The van der Waals surface area contributed by atoms with Crippen LogP contribution in [0.4, 0.5) is 0 Å². The van der Waals surface area contributed by atoms with Crippen LogP contribution in [0.25, 0.3) is 0 Å². The standard InChI is InChI=1S/C18H24N2O5S/c1-17(2)10-18(16(19)21)11-20(9-15(17)18)26(22,23)12-4-5-13-14(8-12)25-7-3-6-24-13/h4-5,8,15H,3,6-7,9-11H2,1-2H3,(H2,19,21)/t15-,18+/m1/s1. The summed E-state index contributed by atoms with van der Waals surface area (Å²) in [7, 11) is -3.74. The molecule has 0 unspecified atom stereocenters. The van der Waals surface area contributed by atoms with Crippen LogP contribution >= 0.6 is 0 Å². The summed E-state index contributed by atoms with van der Waals surface area (Å²) in [6.07, 6.45) is 1.37. The molecule has 3 aliphatic rings. The van der Waals surface area contributed by atoms with Crippen LogP contribution in [-0.4, -0.2) is 44.9 Å². The smallest absolute Gasteiger partial charge is 0.243 e. The molecule has 0 spiro atoms. The predicted molar refractivity (Wildman–Crippen MR) is 94.3 cm³/mol. The van der Waals surface area contributed by atoms with Crippen LogP contribution in [0.5, 0.6) is 11.5 Å². The van der Waals surface area contributed by atoms with Crippen molar-refractivity contribution in [2.24, 2.45) is 22.5 Å². The third-order valence-corrected chi connectivity index (χ3v) is 7.88. The van der Waals surface area contributed by atoms with E-state index < -0.39 is 21.3 Å². The first-order valence-electron chi connectivity index (χ1n) is 8.87. The molecule has 1 amide bonds. The minimum absolute atomic E-state index is 0.0531. The molecular formula is C18H24N2O5S. The minimum atomic E-state index is -3.74. The molecule has 1 aromatic rings. The number of benzene rings is 1. The number of nitrogens with zero attached hydrogens (tertiary/aromatic N) is 1. The molecule has 0 aromatic heterocycles. The van der Waals surface area contributed by atoms with E-state index in [1.54, 1.807) is 6.07 Å². The average Bonchev–Trinajstić information content (AvgIpc) is 2.75. The summed E-state index contributed by atoms with van der Waals surface area (Å²) in [6, 6.07) is 4.68. The third kappa shape index (κ3) is 2.42. The number of rotatable bonds is 3. The first kappa shape index (κ1) is 17.6. The first-order valence-corrected chi connectivity index (χ1v) is 10.3. The maximum atomic E-state index is 13.2. The van der Waals surface area contributed by atoms with Gasteiger partial charge in [-0.2, -0.15) is 4.31 Å². The van der Waals surface area contributed by atoms with Crippen molar-refractivity contribution in [3.05, 3.63) is 18.2 Å². The van der Waals surface area contributed by atoms with Crippen LogP contribution in [0.15, 0.2) is 23.1 Å². The number of hydrogen-bond donors (Lipinski definition) is 1. The van der Waals surface area contributed by atoms with Crippen molar-refractivity contribution in [2.75, 3.05) is 26.3 Å². The molecule has 1 saturated heterocycles. The highest BCUT2D eigenvalue weighted by Gasteiger charge is 2.67. The predicted octanol–water partition coefficient (Wildman–Crippen LogP) is 1.37. The molecule has 4 rings (SSSR count). The second-order valence-corrected chi connectivity index (χ2v) is 10.1. The van der Waals surface area contributed by atoms with Crippen LogP contribution < -0.4 is 15.2 Å². The molecule has 1 aromatic carbocycles. The molecule has 2 atom stereocenters. The van der Waals surface area contributed by atoms with Crippen molar-refractivity contribution in [1.29, 1.82) is 0 Å². The number of nitrogens with two attached hydrogens (primary N) is 1. The SMILES string of the molecule is CC1(C)C[C@]2(C(N)=O)CN(S(=O)(=O)c3ccc4c(c3)OCCCO4)C[C@H]12. The van der Waals surface area contributed by atoms with E-state index in [2.05, 4.69) is 13.8 Å². The Hall–Kier alpha value is -1.80. The van der Waals surface area contributed by atoms with Crippen molar-refractivity contribution in [3.8, 4) is 11.5 Å². The molecule has 2 N–H and O–H groups in total. The highest BCUT2D eigenvalue weighted by Crippen LogP contribution is 2.63. The highest BCUT2D eigenvalue weighted by atomic mass is 32.2. The monoisotopic (exact) mass is 380 g/mol. The largest absolute Gasteiger partial charge is 0.490 e. The summed E-state index contributed by atoms with van der Waals surface area (Å²) in [6.45, 7) is 5.61. The van der Waals surface area contributed by atoms with Gasteiger partial charge in [0.15, 0.2) is 11.5 Å². The number of ether oxygens (including phenoxy) is 2. The van der Waals surface area contributed by atoms with Crippen molar-refractivity contribution in [2.45, 2.75) is 31.6 Å². The van der Waals surface area contributed by atoms with Gasteiger partial charge in [-0.25, -0.2) is 8.42 Å². The van der Waals surface area contributed by atoms with E-state index in [0.717, 1.165) is 6.42 Å². The van der Waals surface area contributed by atoms with Gasteiger partial charge >= 0.3 is 0 Å². The Kier molecular flexibility index (Phi) is 3.79. The number of amides is 1. The Morgan fingerprint density at radius 3 is 2.54 bits per heavy atom. The van der Waals surface area contributed by atoms with Gasteiger partial charge in [0.25, 0.3) is 0 Å². The van der Waals surface area contributed by atoms with Crippen LogP contribution in [0, 0.1) is 16.7 Å². The second-order valence-electron chi connectivity index (χ2n) is 8.19. The number of hydrogen-bond acceptors (Lipinski definition) is 5. The quantitative estimate of drug-likeness (QED) is 0.854. The molecule has 142 valence electrons. The summed E-state index contributed by atoms with van der Waals surface area (Å²) >= 11 is 0. The minimum Gasteiger partial charge on any atom is -0.490 e. The van der Waals surface area contributed by atoms with E-state index in [1.165, 1.54) is 16.4 Å². The zero-order valence-electron chi connectivity index (χ0n) is 15.0. The van der Waals surface area contributed by atoms with Crippen LogP contribution in [0.2, 0.25) is 0 Å². The topological polar surface area (TPSA) is 98.9 Å². The summed E-state index contributed by atoms with van der Waals surface area (Å²) in [5.41, 5.74) is 4.81. The Bertz CT molecular complexity index is 866. The Balaban J connectivity index is 1.66. The number of fused-ring (bicyclic) bond motifs is 2. The van der Waals surface area contributed by atoms with E-state index in [-0.39, 0.29) is 22.8 Å². The third-order valence-electron chi connectivity index (χ3n) is 6.07. The molecule has 2 aliphatic heterocycles. The number of carbonyl (C=O) groups excluding carboxylic acids is 1. The molecule has 2 fully saturated rings. The maximum absolute atomic E-state index is 13.2. The van der Waals surface area contributed by atoms with Gasteiger partial charge < -0.3 is 15.2 Å². The lowest BCUT2D eigenvalue weighted by Gasteiger charge is -2.54. The normalized spacial score (nSPS) is 30.2. The van der Waals surface area contributed by atoms with Gasteiger partial charge in [-0.1, -0.05) is 13.8 Å². The molecule has 1 saturated carbocycles. The fourth-order valence-electron chi connectivity index (χ4n) is 4.82. The lowest BCUT2D eigenvalue weighted by Crippen LogP contribution is -2.59. The van der Waals surface area contributed by atoms with Gasteiger partial charge in [0.05, 0.1) is 23.5 Å². The highest BCUT2D eigenvalue weighted by molar-refractivity contribution is 7.89.